The number of hydrogen-bond acceptors (Lipinski definition) is 4. The fraction of sp³-hybridized carbons (Fsp3) is 0.455. The predicted octanol–water partition coefficient (Wildman–Crippen LogP) is 2.54. The average Bonchev–Trinajstić information content (AvgIpc) is 3.27. The van der Waals surface area contributed by atoms with Crippen molar-refractivity contribution < 1.29 is 13.9 Å². The molecule has 156 valence electrons. The highest BCUT2D eigenvalue weighted by Crippen LogP contribution is 2.33. The highest BCUT2D eigenvalue weighted by atomic mass is 16.5. The number of benzene rings is 1. The van der Waals surface area contributed by atoms with Gasteiger partial charge in [-0.15, -0.1) is 0 Å². The fourth-order valence-corrected chi connectivity index (χ4v) is 3.45. The van der Waals surface area contributed by atoms with Crippen molar-refractivity contribution in [3.05, 3.63) is 59.5 Å². The Hall–Kier alpha value is -2.80. The quantitative estimate of drug-likeness (QED) is 0.493. The molecule has 1 saturated heterocycles. The zero-order valence-corrected chi connectivity index (χ0v) is 17.1. The first-order valence-corrected chi connectivity index (χ1v) is 10.1. The van der Waals surface area contributed by atoms with Gasteiger partial charge in [-0.05, 0) is 37.5 Å². The van der Waals surface area contributed by atoms with Gasteiger partial charge in [0.05, 0.1) is 25.5 Å². The van der Waals surface area contributed by atoms with Crippen LogP contribution in [0.5, 0.6) is 0 Å². The Morgan fingerprint density at radius 3 is 2.72 bits per heavy atom. The SMILES string of the molecule is CN=C(NCC(=O)NCc1ccco1)NCC1CCCOC1c1ccc(C)cc1. The van der Waals surface area contributed by atoms with Crippen molar-refractivity contribution in [2.24, 2.45) is 10.9 Å². The second-order valence-electron chi connectivity index (χ2n) is 7.27. The highest BCUT2D eigenvalue weighted by Gasteiger charge is 2.27. The predicted molar refractivity (Wildman–Crippen MR) is 113 cm³/mol. The largest absolute Gasteiger partial charge is 0.467 e. The Morgan fingerprint density at radius 1 is 1.17 bits per heavy atom. The van der Waals surface area contributed by atoms with Crippen LogP contribution in [0.25, 0.3) is 0 Å². The van der Waals surface area contributed by atoms with Crippen LogP contribution in [0.1, 0.15) is 35.8 Å². The van der Waals surface area contributed by atoms with Crippen LogP contribution >= 0.6 is 0 Å². The number of rotatable bonds is 7. The van der Waals surface area contributed by atoms with E-state index in [0.717, 1.165) is 31.8 Å². The van der Waals surface area contributed by atoms with Crippen molar-refractivity contribution in [2.45, 2.75) is 32.4 Å². The van der Waals surface area contributed by atoms with Crippen LogP contribution in [0.2, 0.25) is 0 Å². The molecule has 3 N–H and O–H groups in total. The molecule has 29 heavy (non-hydrogen) atoms. The summed E-state index contributed by atoms with van der Waals surface area (Å²) in [4.78, 5) is 16.2. The van der Waals surface area contributed by atoms with Crippen molar-refractivity contribution in [3.8, 4) is 0 Å². The van der Waals surface area contributed by atoms with E-state index in [0.29, 0.717) is 18.4 Å². The molecule has 1 amide bonds. The lowest BCUT2D eigenvalue weighted by Gasteiger charge is -2.32. The maximum Gasteiger partial charge on any atom is 0.239 e. The molecule has 0 saturated carbocycles. The molecule has 2 heterocycles. The fourth-order valence-electron chi connectivity index (χ4n) is 3.45. The Morgan fingerprint density at radius 2 is 2.00 bits per heavy atom. The molecular formula is C22H30N4O3. The van der Waals surface area contributed by atoms with Crippen molar-refractivity contribution in [1.29, 1.82) is 0 Å². The zero-order chi connectivity index (χ0) is 20.5. The number of guanidine groups is 1. The van der Waals surface area contributed by atoms with E-state index in [1.807, 2.05) is 6.07 Å². The molecule has 3 rings (SSSR count). The summed E-state index contributed by atoms with van der Waals surface area (Å²) in [5.74, 6) is 1.55. The molecule has 1 aliphatic heterocycles. The molecular weight excluding hydrogens is 368 g/mol. The lowest BCUT2D eigenvalue weighted by Crippen LogP contribution is -2.45. The summed E-state index contributed by atoms with van der Waals surface area (Å²) in [6.07, 6.45) is 3.80. The number of aliphatic imine (C=N–C) groups is 1. The smallest absolute Gasteiger partial charge is 0.239 e. The molecule has 0 radical (unpaired) electrons. The van der Waals surface area contributed by atoms with Gasteiger partial charge in [0.25, 0.3) is 0 Å². The second kappa shape index (κ2) is 10.7. The number of ether oxygens (including phenoxy) is 1. The van der Waals surface area contributed by atoms with E-state index in [1.54, 1.807) is 19.4 Å². The van der Waals surface area contributed by atoms with Gasteiger partial charge in [0.15, 0.2) is 5.96 Å². The Balaban J connectivity index is 1.46. The molecule has 1 fully saturated rings. The third-order valence-electron chi connectivity index (χ3n) is 5.06. The maximum atomic E-state index is 12.0. The first kappa shape index (κ1) is 20.9. The van der Waals surface area contributed by atoms with Crippen LogP contribution < -0.4 is 16.0 Å². The third kappa shape index (κ3) is 6.35. The number of carbonyl (C=O) groups excluding carboxylic acids is 1. The monoisotopic (exact) mass is 398 g/mol. The van der Waals surface area contributed by atoms with Crippen LogP contribution in [-0.2, 0) is 16.1 Å². The van der Waals surface area contributed by atoms with E-state index < -0.39 is 0 Å². The molecule has 0 bridgehead atoms. The van der Waals surface area contributed by atoms with Crippen LogP contribution in [0.15, 0.2) is 52.1 Å². The second-order valence-corrected chi connectivity index (χ2v) is 7.27. The van der Waals surface area contributed by atoms with Crippen molar-refractivity contribution in [3.63, 3.8) is 0 Å². The summed E-state index contributed by atoms with van der Waals surface area (Å²) in [5, 5.41) is 9.20. The van der Waals surface area contributed by atoms with E-state index in [9.17, 15) is 4.79 Å². The van der Waals surface area contributed by atoms with Crippen molar-refractivity contribution >= 4 is 11.9 Å². The number of hydrogen-bond donors (Lipinski definition) is 3. The van der Waals surface area contributed by atoms with Crippen LogP contribution in [0.3, 0.4) is 0 Å². The highest BCUT2D eigenvalue weighted by molar-refractivity contribution is 5.86. The molecule has 1 aliphatic rings. The molecule has 2 unspecified atom stereocenters. The molecule has 2 aromatic rings. The minimum atomic E-state index is -0.122. The number of aryl methyl sites for hydroxylation is 1. The average molecular weight is 399 g/mol. The maximum absolute atomic E-state index is 12.0. The van der Waals surface area contributed by atoms with Gasteiger partial charge in [0, 0.05) is 26.1 Å². The number of nitrogens with zero attached hydrogens (tertiary/aromatic N) is 1. The van der Waals surface area contributed by atoms with Gasteiger partial charge < -0.3 is 25.1 Å². The number of nitrogens with one attached hydrogen (secondary N) is 3. The van der Waals surface area contributed by atoms with Crippen LogP contribution in [0, 0.1) is 12.8 Å². The van der Waals surface area contributed by atoms with E-state index in [4.69, 9.17) is 9.15 Å². The van der Waals surface area contributed by atoms with E-state index >= 15 is 0 Å². The minimum absolute atomic E-state index is 0.0755. The summed E-state index contributed by atoms with van der Waals surface area (Å²) in [6.45, 7) is 4.12. The summed E-state index contributed by atoms with van der Waals surface area (Å²) in [7, 11) is 1.70. The molecule has 0 spiro atoms. The number of furan rings is 1. The summed E-state index contributed by atoms with van der Waals surface area (Å²) in [5.41, 5.74) is 2.46. The first-order valence-electron chi connectivity index (χ1n) is 10.1. The van der Waals surface area contributed by atoms with Gasteiger partial charge in [-0.1, -0.05) is 29.8 Å². The van der Waals surface area contributed by atoms with Gasteiger partial charge in [0.1, 0.15) is 5.76 Å². The van der Waals surface area contributed by atoms with Gasteiger partial charge >= 0.3 is 0 Å². The van der Waals surface area contributed by atoms with Crippen molar-refractivity contribution in [2.75, 3.05) is 26.7 Å². The standard InChI is InChI=1S/C22H30N4O3/c1-16-7-9-17(10-8-16)21-18(5-3-12-29-21)13-25-22(23-2)26-15-20(27)24-14-19-6-4-11-28-19/h4,6-11,18,21H,3,5,12-15H2,1-2H3,(H,24,27)(H2,23,25,26). The Kier molecular flexibility index (Phi) is 7.69. The molecule has 2 atom stereocenters. The van der Waals surface area contributed by atoms with E-state index in [2.05, 4.69) is 52.1 Å². The molecule has 1 aromatic heterocycles. The topological polar surface area (TPSA) is 87.9 Å². The van der Waals surface area contributed by atoms with Crippen LogP contribution in [-0.4, -0.2) is 38.6 Å². The lowest BCUT2D eigenvalue weighted by molar-refractivity contribution is -0.120. The molecule has 1 aromatic carbocycles. The number of carbonyl (C=O) groups is 1. The molecule has 7 nitrogen and oxygen atoms in total. The first-order chi connectivity index (χ1) is 14.2. The Labute approximate surface area is 171 Å². The summed E-state index contributed by atoms with van der Waals surface area (Å²) >= 11 is 0. The lowest BCUT2D eigenvalue weighted by atomic mass is 9.89. The summed E-state index contributed by atoms with van der Waals surface area (Å²) < 4.78 is 11.3. The minimum Gasteiger partial charge on any atom is -0.467 e. The molecule has 7 heteroatoms. The molecule has 0 aliphatic carbocycles. The van der Waals surface area contributed by atoms with E-state index in [1.165, 1.54) is 11.1 Å². The summed E-state index contributed by atoms with van der Waals surface area (Å²) in [6, 6.07) is 12.2. The van der Waals surface area contributed by atoms with Gasteiger partial charge in [0.2, 0.25) is 5.91 Å². The third-order valence-corrected chi connectivity index (χ3v) is 5.06. The van der Waals surface area contributed by atoms with Gasteiger partial charge in [-0.25, -0.2) is 0 Å². The zero-order valence-electron chi connectivity index (χ0n) is 17.1. The number of amides is 1. The van der Waals surface area contributed by atoms with Crippen molar-refractivity contribution in [1.82, 2.24) is 16.0 Å². The Bertz CT molecular complexity index is 787. The van der Waals surface area contributed by atoms with Gasteiger partial charge in [-0.2, -0.15) is 0 Å². The van der Waals surface area contributed by atoms with Crippen LogP contribution in [0.4, 0.5) is 0 Å². The normalized spacial score (nSPS) is 19.6. The van der Waals surface area contributed by atoms with E-state index in [-0.39, 0.29) is 18.6 Å². The van der Waals surface area contributed by atoms with Gasteiger partial charge in [-0.3, -0.25) is 9.79 Å².